The molecular formula is C23H23NO7. The highest BCUT2D eigenvalue weighted by atomic mass is 16.5. The third-order valence-corrected chi connectivity index (χ3v) is 5.01. The third-order valence-electron chi connectivity index (χ3n) is 5.01. The van der Waals surface area contributed by atoms with Crippen molar-refractivity contribution in [1.29, 1.82) is 0 Å². The Morgan fingerprint density at radius 3 is 2.52 bits per heavy atom. The van der Waals surface area contributed by atoms with Gasteiger partial charge in [0.1, 0.15) is 34.3 Å². The van der Waals surface area contributed by atoms with E-state index in [4.69, 9.17) is 9.15 Å². The van der Waals surface area contributed by atoms with Gasteiger partial charge in [-0.05, 0) is 5.92 Å². The van der Waals surface area contributed by atoms with Crippen molar-refractivity contribution in [1.82, 2.24) is 5.32 Å². The molecule has 2 aromatic carbocycles. The van der Waals surface area contributed by atoms with Gasteiger partial charge in [-0.2, -0.15) is 0 Å². The van der Waals surface area contributed by atoms with E-state index >= 15 is 0 Å². The molecule has 0 saturated carbocycles. The Morgan fingerprint density at radius 2 is 1.87 bits per heavy atom. The van der Waals surface area contributed by atoms with Crippen molar-refractivity contribution >= 4 is 22.8 Å². The second-order valence-electron chi connectivity index (χ2n) is 7.21. The molecule has 0 radical (unpaired) electrons. The average molecular weight is 425 g/mol. The van der Waals surface area contributed by atoms with E-state index < -0.39 is 30.0 Å². The molecule has 0 aliphatic rings. The van der Waals surface area contributed by atoms with Gasteiger partial charge in [0.25, 0.3) is 5.91 Å². The first-order chi connectivity index (χ1) is 14.8. The van der Waals surface area contributed by atoms with Crippen molar-refractivity contribution in [3.63, 3.8) is 0 Å². The molecule has 1 amide bonds. The fourth-order valence-corrected chi connectivity index (χ4v) is 3.12. The van der Waals surface area contributed by atoms with E-state index in [1.807, 2.05) is 13.0 Å². The summed E-state index contributed by atoms with van der Waals surface area (Å²) in [6.07, 6.45) is 0.583. The van der Waals surface area contributed by atoms with E-state index in [2.05, 4.69) is 5.32 Å². The molecule has 0 fully saturated rings. The van der Waals surface area contributed by atoms with Crippen LogP contribution in [-0.2, 0) is 9.59 Å². The number of nitrogens with one attached hydrogen (secondary N) is 1. The van der Waals surface area contributed by atoms with Gasteiger partial charge in [0.05, 0.1) is 0 Å². The number of carbonyl (C=O) groups excluding carboxylic acids is 1. The van der Waals surface area contributed by atoms with E-state index in [0.717, 1.165) is 0 Å². The van der Waals surface area contributed by atoms with Gasteiger partial charge >= 0.3 is 5.97 Å². The van der Waals surface area contributed by atoms with E-state index in [0.29, 0.717) is 17.7 Å². The molecule has 0 bridgehead atoms. The molecule has 0 aliphatic carbocycles. The Hall–Kier alpha value is -3.81. The first kappa shape index (κ1) is 21.9. The average Bonchev–Trinajstić information content (AvgIpc) is 2.75. The number of hydrogen-bond acceptors (Lipinski definition) is 6. The molecule has 0 spiro atoms. The highest BCUT2D eigenvalue weighted by molar-refractivity contribution is 5.87. The minimum absolute atomic E-state index is 0.000746. The number of amides is 1. The van der Waals surface area contributed by atoms with Gasteiger partial charge in [-0.25, -0.2) is 4.79 Å². The van der Waals surface area contributed by atoms with E-state index in [9.17, 15) is 24.6 Å². The molecule has 8 nitrogen and oxygen atoms in total. The number of fused-ring (bicyclic) bond motifs is 1. The molecule has 3 rings (SSSR count). The normalized spacial score (nSPS) is 12.8. The number of aliphatic carboxylic acids is 1. The first-order valence-corrected chi connectivity index (χ1v) is 9.81. The predicted molar refractivity (Wildman–Crippen MR) is 114 cm³/mol. The zero-order valence-electron chi connectivity index (χ0n) is 17.1. The molecule has 162 valence electrons. The van der Waals surface area contributed by atoms with Crippen LogP contribution in [-0.4, -0.2) is 34.7 Å². The van der Waals surface area contributed by atoms with Crippen molar-refractivity contribution in [3.05, 3.63) is 58.8 Å². The Labute approximate surface area is 178 Å². The molecule has 3 aromatic rings. The molecule has 0 saturated heterocycles. The summed E-state index contributed by atoms with van der Waals surface area (Å²) in [5.41, 5.74) is 0.376. The molecular weight excluding hydrogens is 402 g/mol. The van der Waals surface area contributed by atoms with Crippen LogP contribution in [0, 0.1) is 5.92 Å². The Kier molecular flexibility index (Phi) is 6.59. The summed E-state index contributed by atoms with van der Waals surface area (Å²) in [4.78, 5) is 36.0. The van der Waals surface area contributed by atoms with Gasteiger partial charge in [-0.15, -0.1) is 0 Å². The minimum atomic E-state index is -1.12. The van der Waals surface area contributed by atoms with Crippen LogP contribution in [0.25, 0.3) is 22.3 Å². The zero-order chi connectivity index (χ0) is 22.5. The lowest BCUT2D eigenvalue weighted by molar-refractivity contribution is -0.143. The van der Waals surface area contributed by atoms with Gasteiger partial charge in [-0.1, -0.05) is 50.6 Å². The van der Waals surface area contributed by atoms with Gasteiger partial charge in [0.15, 0.2) is 12.0 Å². The monoisotopic (exact) mass is 425 g/mol. The number of hydrogen-bond donors (Lipinski definition) is 3. The number of phenolic OH excluding ortho intramolecular Hbond substituents is 1. The number of carbonyl (C=O) groups is 2. The van der Waals surface area contributed by atoms with E-state index in [1.165, 1.54) is 18.2 Å². The zero-order valence-corrected chi connectivity index (χ0v) is 17.1. The number of carboxylic acid groups (broad SMARTS) is 1. The maximum absolute atomic E-state index is 12.5. The number of phenols is 1. The molecule has 31 heavy (non-hydrogen) atoms. The van der Waals surface area contributed by atoms with Crippen molar-refractivity contribution in [2.45, 2.75) is 26.3 Å². The molecule has 0 unspecified atom stereocenters. The molecule has 2 atom stereocenters. The third kappa shape index (κ3) is 5.03. The summed E-state index contributed by atoms with van der Waals surface area (Å²) in [7, 11) is 0. The van der Waals surface area contributed by atoms with Crippen LogP contribution in [0.3, 0.4) is 0 Å². The topological polar surface area (TPSA) is 126 Å². The molecule has 3 N–H and O–H groups in total. The fraction of sp³-hybridized carbons (Fsp3) is 0.261. The molecule has 8 heteroatoms. The highest BCUT2D eigenvalue weighted by Gasteiger charge is 2.25. The summed E-state index contributed by atoms with van der Waals surface area (Å²) in [6, 6.07) is 11.9. The van der Waals surface area contributed by atoms with Crippen molar-refractivity contribution in [2.24, 2.45) is 5.92 Å². The number of rotatable bonds is 8. The second kappa shape index (κ2) is 9.34. The van der Waals surface area contributed by atoms with Crippen LogP contribution in [0.1, 0.15) is 20.3 Å². The number of carboxylic acids is 1. The van der Waals surface area contributed by atoms with E-state index in [1.54, 1.807) is 31.2 Å². The van der Waals surface area contributed by atoms with Gasteiger partial charge in [0, 0.05) is 23.8 Å². The molecule has 0 aliphatic heterocycles. The summed E-state index contributed by atoms with van der Waals surface area (Å²) >= 11 is 0. The minimum Gasteiger partial charge on any atom is -0.507 e. The summed E-state index contributed by atoms with van der Waals surface area (Å²) in [5.74, 6) is -1.91. The summed E-state index contributed by atoms with van der Waals surface area (Å²) < 4.78 is 11.2. The van der Waals surface area contributed by atoms with Crippen molar-refractivity contribution in [2.75, 3.05) is 6.61 Å². The van der Waals surface area contributed by atoms with Gasteiger partial charge in [-0.3, -0.25) is 9.59 Å². The lowest BCUT2D eigenvalue weighted by Crippen LogP contribution is -2.46. The van der Waals surface area contributed by atoms with Crippen LogP contribution in [0.2, 0.25) is 0 Å². The fourth-order valence-electron chi connectivity index (χ4n) is 3.12. The lowest BCUT2D eigenvalue weighted by Gasteiger charge is -2.20. The van der Waals surface area contributed by atoms with Crippen LogP contribution in [0.15, 0.2) is 57.7 Å². The second-order valence-corrected chi connectivity index (χ2v) is 7.21. The Morgan fingerprint density at radius 1 is 1.16 bits per heavy atom. The van der Waals surface area contributed by atoms with Crippen LogP contribution in [0.4, 0.5) is 0 Å². The van der Waals surface area contributed by atoms with Gasteiger partial charge < -0.3 is 24.7 Å². The lowest BCUT2D eigenvalue weighted by atomic mass is 9.99. The highest BCUT2D eigenvalue weighted by Crippen LogP contribution is 2.31. The smallest absolute Gasteiger partial charge is 0.326 e. The summed E-state index contributed by atoms with van der Waals surface area (Å²) in [6.45, 7) is 3.10. The maximum atomic E-state index is 12.5. The predicted octanol–water partition coefficient (Wildman–Crippen LogP) is 3.16. The summed E-state index contributed by atoms with van der Waals surface area (Å²) in [5, 5.41) is 22.0. The molecule has 1 heterocycles. The van der Waals surface area contributed by atoms with Gasteiger partial charge in [0.2, 0.25) is 0 Å². The SMILES string of the molecule is CC[C@@H](C)[C@H](NC(=O)COc1cc(O)c2c(=O)cc(-c3ccccc3)oc2c1)C(=O)O. The Balaban J connectivity index is 1.82. The Bertz CT molecular complexity index is 1150. The number of benzene rings is 2. The van der Waals surface area contributed by atoms with E-state index in [-0.39, 0.29) is 28.4 Å². The molecule has 1 aromatic heterocycles. The van der Waals surface area contributed by atoms with Crippen LogP contribution >= 0.6 is 0 Å². The number of aromatic hydroxyl groups is 1. The van der Waals surface area contributed by atoms with Crippen molar-refractivity contribution < 1.29 is 29.0 Å². The largest absolute Gasteiger partial charge is 0.507 e. The number of ether oxygens (including phenoxy) is 1. The van der Waals surface area contributed by atoms with Crippen LogP contribution in [0.5, 0.6) is 11.5 Å². The van der Waals surface area contributed by atoms with Crippen molar-refractivity contribution in [3.8, 4) is 22.8 Å². The first-order valence-electron chi connectivity index (χ1n) is 9.81. The quantitative estimate of drug-likeness (QED) is 0.506. The standard InChI is InChI=1S/C23H23NO7/c1-3-13(2)22(23(28)29)24-20(27)12-30-15-9-16(25)21-17(26)11-18(31-19(21)10-15)14-7-5-4-6-8-14/h4-11,13,22,25H,3,12H2,1-2H3,(H,24,27)(H,28,29)/t13-,22+/m1/s1. The maximum Gasteiger partial charge on any atom is 0.326 e. The van der Waals surface area contributed by atoms with Crippen LogP contribution < -0.4 is 15.5 Å².